The van der Waals surface area contributed by atoms with E-state index in [0.29, 0.717) is 6.10 Å². The van der Waals surface area contributed by atoms with E-state index in [1.807, 2.05) is 0 Å². The van der Waals surface area contributed by atoms with Crippen LogP contribution >= 0.6 is 0 Å². The molecule has 0 spiro atoms. The van der Waals surface area contributed by atoms with Crippen molar-refractivity contribution < 1.29 is 9.84 Å². The zero-order valence-corrected chi connectivity index (χ0v) is 13.0. The van der Waals surface area contributed by atoms with Crippen LogP contribution in [0.2, 0.25) is 0 Å². The molecule has 1 aliphatic heterocycles. The molecule has 0 bridgehead atoms. The highest BCUT2D eigenvalue weighted by molar-refractivity contribution is 4.81. The summed E-state index contributed by atoms with van der Waals surface area (Å²) in [7, 11) is 2.18. The van der Waals surface area contributed by atoms with Gasteiger partial charge in [0.2, 0.25) is 0 Å². The quantitative estimate of drug-likeness (QED) is 0.593. The highest BCUT2D eigenvalue weighted by atomic mass is 16.5. The fraction of sp³-hybridized carbons (Fsp3) is 1.00. The molecule has 0 aliphatic carbocycles. The number of nitrogens with one attached hydrogen (secondary N) is 1. The largest absolute Gasteiger partial charge is 0.394 e. The van der Waals surface area contributed by atoms with Gasteiger partial charge in [0.1, 0.15) is 0 Å². The Morgan fingerprint density at radius 3 is 2.79 bits per heavy atom. The molecule has 4 heteroatoms. The minimum absolute atomic E-state index is 0.109. The topological polar surface area (TPSA) is 44.7 Å². The summed E-state index contributed by atoms with van der Waals surface area (Å²) in [4.78, 5) is 2.37. The molecule has 4 nitrogen and oxygen atoms in total. The molecular weight excluding hydrogens is 240 g/mol. The molecule has 0 radical (unpaired) electrons. The molecule has 1 heterocycles. The van der Waals surface area contributed by atoms with Crippen LogP contribution in [0.15, 0.2) is 0 Å². The molecule has 114 valence electrons. The van der Waals surface area contributed by atoms with Crippen LogP contribution in [-0.4, -0.2) is 61.5 Å². The van der Waals surface area contributed by atoms with Crippen molar-refractivity contribution >= 4 is 0 Å². The Morgan fingerprint density at radius 1 is 1.42 bits per heavy atom. The summed E-state index contributed by atoms with van der Waals surface area (Å²) in [5, 5.41) is 12.8. The third-order valence-corrected chi connectivity index (χ3v) is 4.01. The lowest BCUT2D eigenvalue weighted by Crippen LogP contribution is -2.45. The van der Waals surface area contributed by atoms with E-state index in [1.165, 1.54) is 19.3 Å². The van der Waals surface area contributed by atoms with E-state index < -0.39 is 0 Å². The number of hydrogen-bond donors (Lipinski definition) is 2. The summed E-state index contributed by atoms with van der Waals surface area (Å²) >= 11 is 0. The number of likely N-dealkylation sites (N-methyl/N-ethyl adjacent to an activating group) is 2. The van der Waals surface area contributed by atoms with Crippen molar-refractivity contribution in [2.45, 2.75) is 57.6 Å². The fourth-order valence-corrected chi connectivity index (χ4v) is 2.77. The van der Waals surface area contributed by atoms with Gasteiger partial charge in [-0.1, -0.05) is 13.3 Å². The number of aliphatic hydroxyl groups excluding tert-OH is 1. The minimum atomic E-state index is -0.109. The van der Waals surface area contributed by atoms with Gasteiger partial charge >= 0.3 is 0 Å². The maximum absolute atomic E-state index is 9.43. The second-order valence-electron chi connectivity index (χ2n) is 6.10. The van der Waals surface area contributed by atoms with Gasteiger partial charge in [-0.2, -0.15) is 0 Å². The van der Waals surface area contributed by atoms with Gasteiger partial charge in [-0.05, 0) is 52.7 Å². The maximum atomic E-state index is 9.43. The Morgan fingerprint density at radius 2 is 2.21 bits per heavy atom. The van der Waals surface area contributed by atoms with Crippen LogP contribution in [0.25, 0.3) is 0 Å². The monoisotopic (exact) mass is 272 g/mol. The molecule has 2 atom stereocenters. The van der Waals surface area contributed by atoms with Gasteiger partial charge in [0.25, 0.3) is 0 Å². The van der Waals surface area contributed by atoms with Crippen LogP contribution in [-0.2, 0) is 4.74 Å². The SMILES string of the molecule is CCNC(C)(CO)CCCCN(C)CC1CCCO1. The molecule has 2 N–H and O–H groups in total. The number of ether oxygens (including phenoxy) is 1. The summed E-state index contributed by atoms with van der Waals surface area (Å²) in [5.74, 6) is 0. The second-order valence-corrected chi connectivity index (χ2v) is 6.10. The zero-order chi connectivity index (χ0) is 14.1. The smallest absolute Gasteiger partial charge is 0.0702 e. The van der Waals surface area contributed by atoms with Crippen LogP contribution in [0.5, 0.6) is 0 Å². The maximum Gasteiger partial charge on any atom is 0.0702 e. The normalized spacial score (nSPS) is 22.9. The highest BCUT2D eigenvalue weighted by Crippen LogP contribution is 2.15. The molecule has 0 aromatic carbocycles. The lowest BCUT2D eigenvalue weighted by molar-refractivity contribution is 0.0803. The highest BCUT2D eigenvalue weighted by Gasteiger charge is 2.21. The van der Waals surface area contributed by atoms with Gasteiger partial charge in [0, 0.05) is 18.7 Å². The minimum Gasteiger partial charge on any atom is -0.394 e. The Labute approximate surface area is 118 Å². The molecule has 0 amide bonds. The van der Waals surface area contributed by atoms with Crippen LogP contribution in [0, 0.1) is 0 Å². The second kappa shape index (κ2) is 8.90. The average molecular weight is 272 g/mol. The zero-order valence-electron chi connectivity index (χ0n) is 13.0. The lowest BCUT2D eigenvalue weighted by atomic mass is 9.95. The van der Waals surface area contributed by atoms with Crippen LogP contribution in [0.1, 0.15) is 46.0 Å². The van der Waals surface area contributed by atoms with E-state index in [1.54, 1.807) is 0 Å². The number of rotatable bonds is 10. The summed E-state index contributed by atoms with van der Waals surface area (Å²) in [6, 6.07) is 0. The first-order valence-corrected chi connectivity index (χ1v) is 7.75. The first-order chi connectivity index (χ1) is 9.09. The van der Waals surface area contributed by atoms with Crippen molar-refractivity contribution in [3.63, 3.8) is 0 Å². The summed E-state index contributed by atoms with van der Waals surface area (Å²) in [6.45, 7) is 8.44. The average Bonchev–Trinajstić information content (AvgIpc) is 2.88. The molecule has 0 aromatic rings. The van der Waals surface area contributed by atoms with Gasteiger partial charge in [-0.15, -0.1) is 0 Å². The fourth-order valence-electron chi connectivity index (χ4n) is 2.77. The number of aliphatic hydroxyl groups is 1. The first-order valence-electron chi connectivity index (χ1n) is 7.75. The molecule has 1 fully saturated rings. The van der Waals surface area contributed by atoms with Gasteiger partial charge in [0.15, 0.2) is 0 Å². The molecule has 0 aromatic heterocycles. The molecule has 1 rings (SSSR count). The summed E-state index contributed by atoms with van der Waals surface area (Å²) in [5.41, 5.74) is -0.109. The predicted molar refractivity (Wildman–Crippen MR) is 79.5 cm³/mol. The summed E-state index contributed by atoms with van der Waals surface area (Å²) < 4.78 is 5.65. The number of hydrogen-bond acceptors (Lipinski definition) is 4. The third-order valence-electron chi connectivity index (χ3n) is 4.01. The van der Waals surface area contributed by atoms with E-state index in [2.05, 4.69) is 31.1 Å². The van der Waals surface area contributed by atoms with Gasteiger partial charge in [0.05, 0.1) is 12.7 Å². The van der Waals surface area contributed by atoms with E-state index in [0.717, 1.165) is 39.1 Å². The van der Waals surface area contributed by atoms with Crippen molar-refractivity contribution in [2.24, 2.45) is 0 Å². The predicted octanol–water partition coefficient (Wildman–Crippen LogP) is 1.63. The first kappa shape index (κ1) is 16.9. The lowest BCUT2D eigenvalue weighted by Gasteiger charge is -2.28. The van der Waals surface area contributed by atoms with Crippen LogP contribution < -0.4 is 5.32 Å². The summed E-state index contributed by atoms with van der Waals surface area (Å²) in [6.07, 6.45) is 6.26. The van der Waals surface area contributed by atoms with Gasteiger partial charge in [-0.25, -0.2) is 0 Å². The Kier molecular flexibility index (Phi) is 7.91. The van der Waals surface area contributed by atoms with Crippen LogP contribution in [0.4, 0.5) is 0 Å². The van der Waals surface area contributed by atoms with Crippen LogP contribution in [0.3, 0.4) is 0 Å². The third kappa shape index (κ3) is 6.70. The Balaban J connectivity index is 2.08. The van der Waals surface area contributed by atoms with Crippen molar-refractivity contribution in [3.8, 4) is 0 Å². The molecule has 2 unspecified atom stereocenters. The molecule has 1 aliphatic rings. The van der Waals surface area contributed by atoms with Gasteiger partial charge in [-0.3, -0.25) is 0 Å². The molecule has 19 heavy (non-hydrogen) atoms. The van der Waals surface area contributed by atoms with E-state index >= 15 is 0 Å². The molecule has 0 saturated carbocycles. The van der Waals surface area contributed by atoms with Crippen molar-refractivity contribution in [1.82, 2.24) is 10.2 Å². The Hall–Kier alpha value is -0.160. The number of unbranched alkanes of at least 4 members (excludes halogenated alkanes) is 1. The number of nitrogens with zero attached hydrogens (tertiary/aromatic N) is 1. The van der Waals surface area contributed by atoms with Crippen molar-refractivity contribution in [3.05, 3.63) is 0 Å². The van der Waals surface area contributed by atoms with E-state index in [-0.39, 0.29) is 12.1 Å². The molecular formula is C15H32N2O2. The van der Waals surface area contributed by atoms with Crippen molar-refractivity contribution in [1.29, 1.82) is 0 Å². The van der Waals surface area contributed by atoms with E-state index in [4.69, 9.17) is 4.74 Å². The van der Waals surface area contributed by atoms with Crippen molar-refractivity contribution in [2.75, 3.05) is 39.9 Å². The Bertz CT molecular complexity index is 232. The van der Waals surface area contributed by atoms with E-state index in [9.17, 15) is 5.11 Å². The standard InChI is InChI=1S/C15H32N2O2/c1-4-16-15(2,13-18)9-5-6-10-17(3)12-14-8-7-11-19-14/h14,16,18H,4-13H2,1-3H3. The molecule has 1 saturated heterocycles. The van der Waals surface area contributed by atoms with Gasteiger partial charge < -0.3 is 20.1 Å².